The maximum atomic E-state index is 13.2. The van der Waals surface area contributed by atoms with E-state index in [0.717, 1.165) is 16.9 Å². The van der Waals surface area contributed by atoms with Gasteiger partial charge in [-0.05, 0) is 48.6 Å². The summed E-state index contributed by atoms with van der Waals surface area (Å²) in [5.74, 6) is 2.93. The third kappa shape index (κ3) is 5.08. The molecule has 0 saturated heterocycles. The topological polar surface area (TPSA) is 64.8 Å². The fourth-order valence-electron chi connectivity index (χ4n) is 3.28. The van der Waals surface area contributed by atoms with Gasteiger partial charge in [0.1, 0.15) is 27.5 Å². The van der Waals surface area contributed by atoms with Gasteiger partial charge in [0.2, 0.25) is 5.91 Å². The average Bonchev–Trinajstić information content (AvgIpc) is 3.50. The summed E-state index contributed by atoms with van der Waals surface area (Å²) in [4.78, 5) is 20.9. The summed E-state index contributed by atoms with van der Waals surface area (Å²) in [6.45, 7) is 0.322. The molecule has 0 N–H and O–H groups in total. The fourth-order valence-corrected chi connectivity index (χ4v) is 5.24. The van der Waals surface area contributed by atoms with Gasteiger partial charge in [-0.15, -0.1) is 11.8 Å². The number of carbonyl (C=O) groups excluding carboxylic acids is 1. The molecule has 0 radical (unpaired) electrons. The highest BCUT2D eigenvalue weighted by Crippen LogP contribution is 2.40. The first kappa shape index (κ1) is 22.2. The van der Waals surface area contributed by atoms with Crippen LogP contribution in [0.3, 0.4) is 0 Å². The summed E-state index contributed by atoms with van der Waals surface area (Å²) in [5.41, 5.74) is 0.684. The number of amides is 1. The SMILES string of the molecule is COc1ccc(OC)c2sc(N(Cc3ccco3)C(=O)CCCSc3ccccc3)nc12. The summed E-state index contributed by atoms with van der Waals surface area (Å²) in [5, 5.41) is 0.597. The van der Waals surface area contributed by atoms with Gasteiger partial charge < -0.3 is 13.9 Å². The van der Waals surface area contributed by atoms with Crippen molar-refractivity contribution in [1.29, 1.82) is 0 Å². The molecule has 1 amide bonds. The molecule has 2 aromatic carbocycles. The predicted molar refractivity (Wildman–Crippen MR) is 129 cm³/mol. The van der Waals surface area contributed by atoms with Crippen molar-refractivity contribution in [1.82, 2.24) is 4.98 Å². The van der Waals surface area contributed by atoms with Crippen molar-refractivity contribution < 1.29 is 18.7 Å². The molecule has 32 heavy (non-hydrogen) atoms. The molecule has 166 valence electrons. The molecule has 6 nitrogen and oxygen atoms in total. The van der Waals surface area contributed by atoms with Gasteiger partial charge in [-0.1, -0.05) is 29.5 Å². The van der Waals surface area contributed by atoms with Gasteiger partial charge in [0.25, 0.3) is 0 Å². The summed E-state index contributed by atoms with van der Waals surface area (Å²) >= 11 is 3.17. The van der Waals surface area contributed by atoms with E-state index in [4.69, 9.17) is 18.9 Å². The highest BCUT2D eigenvalue weighted by molar-refractivity contribution is 7.99. The number of benzene rings is 2. The predicted octanol–water partition coefficient (Wildman–Crippen LogP) is 6.01. The molecule has 0 bridgehead atoms. The number of thiazole rings is 1. The van der Waals surface area contributed by atoms with E-state index < -0.39 is 0 Å². The maximum absolute atomic E-state index is 13.2. The second-order valence-corrected chi connectivity index (χ2v) is 9.11. The van der Waals surface area contributed by atoms with Crippen molar-refractivity contribution in [2.45, 2.75) is 24.3 Å². The number of rotatable bonds is 10. The van der Waals surface area contributed by atoms with E-state index in [1.54, 1.807) is 37.1 Å². The summed E-state index contributed by atoms with van der Waals surface area (Å²) < 4.78 is 17.3. The third-order valence-corrected chi connectivity index (χ3v) is 7.06. The Morgan fingerprint density at radius 2 is 1.84 bits per heavy atom. The molecule has 0 fully saturated rings. The molecule has 2 heterocycles. The number of carbonyl (C=O) groups is 1. The second kappa shape index (κ2) is 10.6. The molecule has 0 saturated carbocycles. The number of aromatic nitrogens is 1. The van der Waals surface area contributed by atoms with Crippen LogP contribution in [0.15, 0.2) is 70.2 Å². The van der Waals surface area contributed by atoms with E-state index in [1.807, 2.05) is 42.5 Å². The van der Waals surface area contributed by atoms with E-state index in [0.29, 0.717) is 40.9 Å². The zero-order valence-electron chi connectivity index (χ0n) is 17.9. The Hall–Kier alpha value is -2.97. The minimum Gasteiger partial charge on any atom is -0.495 e. The number of fused-ring (bicyclic) bond motifs is 1. The lowest BCUT2D eigenvalue weighted by Crippen LogP contribution is -2.30. The quantitative estimate of drug-likeness (QED) is 0.210. The maximum Gasteiger partial charge on any atom is 0.229 e. The smallest absolute Gasteiger partial charge is 0.229 e. The largest absolute Gasteiger partial charge is 0.495 e. The monoisotopic (exact) mass is 468 g/mol. The zero-order chi connectivity index (χ0) is 22.3. The van der Waals surface area contributed by atoms with E-state index in [9.17, 15) is 4.79 Å². The summed E-state index contributed by atoms with van der Waals surface area (Å²) in [6, 6.07) is 17.6. The number of methoxy groups -OCH3 is 2. The Bertz CT molecular complexity index is 1120. The van der Waals surface area contributed by atoms with Crippen molar-refractivity contribution in [2.24, 2.45) is 0 Å². The molecular weight excluding hydrogens is 444 g/mol. The van der Waals surface area contributed by atoms with Crippen molar-refractivity contribution in [3.05, 3.63) is 66.6 Å². The molecular formula is C24H24N2O4S2. The van der Waals surface area contributed by atoms with Crippen molar-refractivity contribution in [3.8, 4) is 11.5 Å². The van der Waals surface area contributed by atoms with Gasteiger partial charge in [0, 0.05) is 11.3 Å². The van der Waals surface area contributed by atoms with E-state index in [1.165, 1.54) is 16.2 Å². The van der Waals surface area contributed by atoms with Crippen LogP contribution in [0.5, 0.6) is 11.5 Å². The molecule has 0 aliphatic carbocycles. The second-order valence-electron chi connectivity index (χ2n) is 6.97. The molecule has 0 atom stereocenters. The normalized spacial score (nSPS) is 10.9. The van der Waals surface area contributed by atoms with Crippen LogP contribution in [0.4, 0.5) is 5.13 Å². The van der Waals surface area contributed by atoms with Gasteiger partial charge in [-0.3, -0.25) is 9.69 Å². The van der Waals surface area contributed by atoms with Crippen LogP contribution in [0.1, 0.15) is 18.6 Å². The van der Waals surface area contributed by atoms with Gasteiger partial charge in [-0.2, -0.15) is 0 Å². The lowest BCUT2D eigenvalue weighted by molar-refractivity contribution is -0.118. The van der Waals surface area contributed by atoms with Gasteiger partial charge in [0.05, 0.1) is 27.0 Å². The number of hydrogen-bond acceptors (Lipinski definition) is 7. The van der Waals surface area contributed by atoms with Crippen LogP contribution in [-0.4, -0.2) is 30.9 Å². The van der Waals surface area contributed by atoms with Crippen LogP contribution in [0.25, 0.3) is 10.2 Å². The number of ether oxygens (including phenoxy) is 2. The highest BCUT2D eigenvalue weighted by Gasteiger charge is 2.23. The number of furan rings is 1. The van der Waals surface area contributed by atoms with E-state index in [2.05, 4.69) is 12.1 Å². The van der Waals surface area contributed by atoms with Crippen molar-refractivity contribution in [3.63, 3.8) is 0 Å². The minimum absolute atomic E-state index is 0.00653. The fraction of sp³-hybridized carbons (Fsp3) is 0.250. The van der Waals surface area contributed by atoms with Gasteiger partial charge in [0.15, 0.2) is 5.13 Å². The van der Waals surface area contributed by atoms with Crippen LogP contribution in [-0.2, 0) is 11.3 Å². The van der Waals surface area contributed by atoms with Gasteiger partial charge in [-0.25, -0.2) is 4.98 Å². The van der Waals surface area contributed by atoms with Crippen molar-refractivity contribution in [2.75, 3.05) is 24.9 Å². The number of anilines is 1. The molecule has 4 rings (SSSR count). The number of thioether (sulfide) groups is 1. The van der Waals surface area contributed by atoms with Crippen LogP contribution < -0.4 is 14.4 Å². The van der Waals surface area contributed by atoms with E-state index in [-0.39, 0.29) is 5.91 Å². The Morgan fingerprint density at radius 1 is 1.06 bits per heavy atom. The Kier molecular flexibility index (Phi) is 7.34. The third-order valence-electron chi connectivity index (χ3n) is 4.87. The first-order chi connectivity index (χ1) is 15.7. The molecule has 0 aliphatic rings. The standard InChI is InChI=1S/C24H24N2O4S2/c1-28-19-12-13-20(29-2)23-22(19)25-24(32-23)26(16-17-8-6-14-30-17)21(27)11-7-15-31-18-9-4-3-5-10-18/h3-6,8-10,12-14H,7,11,15-16H2,1-2H3. The Morgan fingerprint density at radius 3 is 2.56 bits per heavy atom. The molecule has 2 aromatic heterocycles. The van der Waals surface area contributed by atoms with Gasteiger partial charge >= 0.3 is 0 Å². The summed E-state index contributed by atoms with van der Waals surface area (Å²) in [6.07, 6.45) is 2.80. The Labute approximate surface area is 195 Å². The molecule has 0 unspecified atom stereocenters. The first-order valence-electron chi connectivity index (χ1n) is 10.2. The number of hydrogen-bond donors (Lipinski definition) is 0. The van der Waals surface area contributed by atoms with E-state index >= 15 is 0 Å². The lowest BCUT2D eigenvalue weighted by Gasteiger charge is -2.18. The highest BCUT2D eigenvalue weighted by atomic mass is 32.2. The van der Waals surface area contributed by atoms with Crippen molar-refractivity contribution >= 4 is 44.4 Å². The summed E-state index contributed by atoms with van der Waals surface area (Å²) in [7, 11) is 3.23. The average molecular weight is 469 g/mol. The van der Waals surface area contributed by atoms with Crippen LogP contribution >= 0.6 is 23.1 Å². The zero-order valence-corrected chi connectivity index (χ0v) is 19.6. The van der Waals surface area contributed by atoms with Crippen LogP contribution in [0, 0.1) is 0 Å². The first-order valence-corrected chi connectivity index (χ1v) is 12.0. The minimum atomic E-state index is 0.00653. The molecule has 0 spiro atoms. The molecule has 4 aromatic rings. The molecule has 0 aliphatic heterocycles. The lowest BCUT2D eigenvalue weighted by atomic mass is 10.3. The number of nitrogens with zero attached hydrogens (tertiary/aromatic N) is 2. The molecule has 8 heteroatoms. The Balaban J connectivity index is 1.54. The van der Waals surface area contributed by atoms with Crippen LogP contribution in [0.2, 0.25) is 0 Å².